The number of benzene rings is 2. The van der Waals surface area contributed by atoms with Crippen molar-refractivity contribution in [2.45, 2.75) is 6.61 Å². The van der Waals surface area contributed by atoms with Gasteiger partial charge in [-0.15, -0.1) is 4.91 Å². The largest absolute Gasteiger partial charge is 0.519 e. The van der Waals surface area contributed by atoms with Gasteiger partial charge in [-0.1, -0.05) is 12.1 Å². The topological polar surface area (TPSA) is 85.2 Å². The number of hydrogen-bond donors (Lipinski definition) is 1. The molecule has 0 saturated heterocycles. The van der Waals surface area contributed by atoms with E-state index in [0.717, 1.165) is 0 Å². The van der Waals surface area contributed by atoms with Crippen LogP contribution in [0.15, 0.2) is 53.7 Å². The highest BCUT2D eigenvalue weighted by atomic mass is 16.7. The first-order valence-corrected chi connectivity index (χ1v) is 5.74. The molecule has 20 heavy (non-hydrogen) atoms. The number of carbonyl (C=O) groups excluding carboxylic acids is 1. The van der Waals surface area contributed by atoms with Gasteiger partial charge in [-0.05, 0) is 47.1 Å². The van der Waals surface area contributed by atoms with E-state index < -0.39 is 6.16 Å². The van der Waals surface area contributed by atoms with E-state index >= 15 is 0 Å². The lowest BCUT2D eigenvalue weighted by molar-refractivity contribution is 0.152. The Hall–Kier alpha value is -2.73. The highest BCUT2D eigenvalue weighted by molar-refractivity contribution is 5.67. The lowest BCUT2D eigenvalue weighted by Crippen LogP contribution is -2.13. The molecular weight excluding hydrogens is 262 g/mol. The zero-order valence-corrected chi connectivity index (χ0v) is 10.4. The number of hydrogen-bond acceptors (Lipinski definition) is 6. The van der Waals surface area contributed by atoms with E-state index in [1.807, 2.05) is 0 Å². The van der Waals surface area contributed by atoms with Crippen molar-refractivity contribution < 1.29 is 19.4 Å². The number of rotatable bonds is 4. The normalized spacial score (nSPS) is 9.85. The fourth-order valence-corrected chi connectivity index (χ4v) is 1.45. The molecule has 0 aliphatic heterocycles. The third kappa shape index (κ3) is 3.63. The molecule has 0 amide bonds. The van der Waals surface area contributed by atoms with Crippen molar-refractivity contribution in [1.82, 2.24) is 0 Å². The van der Waals surface area contributed by atoms with Gasteiger partial charge in [-0.2, -0.15) is 0 Å². The molecule has 0 heterocycles. The summed E-state index contributed by atoms with van der Waals surface area (Å²) < 4.78 is 9.87. The molecule has 0 bridgehead atoms. The third-order valence-electron chi connectivity index (χ3n) is 2.45. The van der Waals surface area contributed by atoms with E-state index in [4.69, 9.17) is 14.6 Å². The minimum atomic E-state index is -0.895. The Kier molecular flexibility index (Phi) is 4.41. The molecule has 0 aliphatic rings. The molecule has 0 aromatic heterocycles. The van der Waals surface area contributed by atoms with Gasteiger partial charge in [0, 0.05) is 0 Å². The van der Waals surface area contributed by atoms with Crippen LogP contribution in [-0.2, 0) is 6.61 Å². The van der Waals surface area contributed by atoms with Gasteiger partial charge in [0.15, 0.2) is 0 Å². The maximum Gasteiger partial charge on any atom is 0.519 e. The van der Waals surface area contributed by atoms with Crippen LogP contribution in [0.3, 0.4) is 0 Å². The fraction of sp³-hybridized carbons (Fsp3) is 0.0714. The summed E-state index contributed by atoms with van der Waals surface area (Å²) in [4.78, 5) is 21.7. The molecule has 0 unspecified atom stereocenters. The van der Waals surface area contributed by atoms with Gasteiger partial charge in [0.1, 0.15) is 17.2 Å². The second-order valence-corrected chi connectivity index (χ2v) is 3.84. The van der Waals surface area contributed by atoms with E-state index in [1.165, 1.54) is 24.3 Å². The van der Waals surface area contributed by atoms with E-state index in [-0.39, 0.29) is 18.0 Å². The molecule has 0 aliphatic carbocycles. The predicted octanol–water partition coefficient (Wildman–Crippen LogP) is 3.15. The standard InChI is InChI=1S/C14H11NO5/c16-9-10-1-5-12(6-2-10)19-14(17)20-13-7-3-11(15-18)4-8-13/h1-8,16H,9H2. The van der Waals surface area contributed by atoms with Crippen LogP contribution in [0.25, 0.3) is 0 Å². The van der Waals surface area contributed by atoms with Crippen molar-refractivity contribution in [3.8, 4) is 11.5 Å². The van der Waals surface area contributed by atoms with Crippen LogP contribution in [0.5, 0.6) is 11.5 Å². The summed E-state index contributed by atoms with van der Waals surface area (Å²) in [5, 5.41) is 11.6. The highest BCUT2D eigenvalue weighted by Gasteiger charge is 2.08. The lowest BCUT2D eigenvalue weighted by atomic mass is 10.2. The van der Waals surface area contributed by atoms with Gasteiger partial charge in [0.2, 0.25) is 0 Å². The van der Waals surface area contributed by atoms with Crippen LogP contribution < -0.4 is 9.47 Å². The number of ether oxygens (including phenoxy) is 2. The number of aliphatic hydroxyl groups excluding tert-OH is 1. The Morgan fingerprint density at radius 1 is 0.950 bits per heavy atom. The van der Waals surface area contributed by atoms with Gasteiger partial charge in [0.25, 0.3) is 0 Å². The highest BCUT2D eigenvalue weighted by Crippen LogP contribution is 2.19. The SMILES string of the molecule is O=Nc1ccc(OC(=O)Oc2ccc(CO)cc2)cc1. The Morgan fingerprint density at radius 3 is 1.90 bits per heavy atom. The van der Waals surface area contributed by atoms with Crippen molar-refractivity contribution in [2.24, 2.45) is 5.18 Å². The summed E-state index contributed by atoms with van der Waals surface area (Å²) in [7, 11) is 0. The number of nitrogens with zero attached hydrogens (tertiary/aromatic N) is 1. The first kappa shape index (κ1) is 13.7. The summed E-state index contributed by atoms with van der Waals surface area (Å²) in [5.41, 5.74) is 0.952. The van der Waals surface area contributed by atoms with Crippen LogP contribution in [0.1, 0.15) is 5.56 Å². The molecule has 0 saturated carbocycles. The van der Waals surface area contributed by atoms with Gasteiger partial charge < -0.3 is 14.6 Å². The summed E-state index contributed by atoms with van der Waals surface area (Å²) in [6, 6.07) is 12.1. The molecule has 2 rings (SSSR count). The first-order valence-electron chi connectivity index (χ1n) is 5.74. The molecule has 1 N–H and O–H groups in total. The molecule has 102 valence electrons. The van der Waals surface area contributed by atoms with Crippen molar-refractivity contribution in [2.75, 3.05) is 0 Å². The van der Waals surface area contributed by atoms with E-state index in [0.29, 0.717) is 11.3 Å². The van der Waals surface area contributed by atoms with Crippen LogP contribution in [0.4, 0.5) is 10.5 Å². The summed E-state index contributed by atoms with van der Waals surface area (Å²) in [6.45, 7) is -0.0815. The number of carbonyl (C=O) groups is 1. The third-order valence-corrected chi connectivity index (χ3v) is 2.45. The zero-order valence-electron chi connectivity index (χ0n) is 10.4. The Labute approximate surface area is 114 Å². The summed E-state index contributed by atoms with van der Waals surface area (Å²) >= 11 is 0. The Morgan fingerprint density at radius 2 is 1.45 bits per heavy atom. The Bertz CT molecular complexity index is 592. The lowest BCUT2D eigenvalue weighted by Gasteiger charge is -2.05. The van der Waals surface area contributed by atoms with Gasteiger partial charge >= 0.3 is 6.16 Å². The van der Waals surface area contributed by atoms with Crippen molar-refractivity contribution >= 4 is 11.8 Å². The molecule has 2 aromatic rings. The number of aliphatic hydroxyl groups is 1. The molecule has 0 fully saturated rings. The van der Waals surface area contributed by atoms with Crippen molar-refractivity contribution in [1.29, 1.82) is 0 Å². The second-order valence-electron chi connectivity index (χ2n) is 3.84. The van der Waals surface area contributed by atoms with Crippen molar-refractivity contribution in [3.05, 3.63) is 59.0 Å². The molecule has 6 nitrogen and oxygen atoms in total. The monoisotopic (exact) mass is 273 g/mol. The quantitative estimate of drug-likeness (QED) is 0.525. The van der Waals surface area contributed by atoms with E-state index in [2.05, 4.69) is 5.18 Å². The molecule has 6 heteroatoms. The second kappa shape index (κ2) is 6.44. The van der Waals surface area contributed by atoms with E-state index in [1.54, 1.807) is 24.3 Å². The van der Waals surface area contributed by atoms with Gasteiger partial charge in [-0.25, -0.2) is 4.79 Å². The van der Waals surface area contributed by atoms with Crippen LogP contribution in [0, 0.1) is 4.91 Å². The first-order chi connectivity index (χ1) is 9.71. The molecule has 2 aromatic carbocycles. The van der Waals surface area contributed by atoms with Crippen LogP contribution in [-0.4, -0.2) is 11.3 Å². The average molecular weight is 273 g/mol. The molecular formula is C14H11NO5. The maximum atomic E-state index is 11.5. The predicted molar refractivity (Wildman–Crippen MR) is 70.9 cm³/mol. The smallest absolute Gasteiger partial charge is 0.395 e. The fourth-order valence-electron chi connectivity index (χ4n) is 1.45. The van der Waals surface area contributed by atoms with Crippen molar-refractivity contribution in [3.63, 3.8) is 0 Å². The van der Waals surface area contributed by atoms with Gasteiger partial charge in [0.05, 0.1) is 6.61 Å². The van der Waals surface area contributed by atoms with Gasteiger partial charge in [-0.3, -0.25) is 0 Å². The van der Waals surface area contributed by atoms with Crippen LogP contribution in [0.2, 0.25) is 0 Å². The number of nitroso groups, excluding NO2 is 1. The zero-order chi connectivity index (χ0) is 14.4. The maximum absolute atomic E-state index is 11.5. The average Bonchev–Trinajstić information content (AvgIpc) is 2.49. The van der Waals surface area contributed by atoms with E-state index in [9.17, 15) is 9.70 Å². The summed E-state index contributed by atoms with van der Waals surface area (Å²) in [6.07, 6.45) is -0.895. The minimum Gasteiger partial charge on any atom is -0.395 e. The summed E-state index contributed by atoms with van der Waals surface area (Å²) in [5.74, 6) is 0.549. The molecule has 0 spiro atoms. The van der Waals surface area contributed by atoms with Crippen LogP contribution >= 0.6 is 0 Å². The Balaban J connectivity index is 1.95. The minimum absolute atomic E-state index is 0.0815. The molecule has 0 atom stereocenters. The molecule has 0 radical (unpaired) electrons.